The molecule has 4 rings (SSSR count). The predicted octanol–water partition coefficient (Wildman–Crippen LogP) is 3.64. The Morgan fingerprint density at radius 2 is 2.00 bits per heavy atom. The van der Waals surface area contributed by atoms with Gasteiger partial charge in [-0.3, -0.25) is 4.90 Å². The quantitative estimate of drug-likeness (QED) is 0.785. The van der Waals surface area contributed by atoms with Crippen LogP contribution in [0, 0.1) is 6.92 Å². The molecule has 1 aliphatic rings. The Labute approximate surface area is 143 Å². The van der Waals surface area contributed by atoms with Gasteiger partial charge in [-0.1, -0.05) is 41.1 Å². The SMILES string of the molecule is Cc1nc2sc([C@H](c3ccccc3Cl)N3CCCC3)c(O)n2n1. The number of likely N-dealkylation sites (tertiary alicyclic amines) is 1. The van der Waals surface area contributed by atoms with E-state index in [2.05, 4.69) is 15.0 Å². The maximum absolute atomic E-state index is 10.7. The van der Waals surface area contributed by atoms with Crippen LogP contribution in [-0.4, -0.2) is 37.7 Å². The lowest BCUT2D eigenvalue weighted by Crippen LogP contribution is -2.26. The Balaban J connectivity index is 1.88. The minimum atomic E-state index is -0.0555. The van der Waals surface area contributed by atoms with Gasteiger partial charge in [0.1, 0.15) is 5.82 Å². The van der Waals surface area contributed by atoms with Crippen molar-refractivity contribution < 1.29 is 5.11 Å². The van der Waals surface area contributed by atoms with Crippen LogP contribution in [-0.2, 0) is 0 Å². The van der Waals surface area contributed by atoms with E-state index in [4.69, 9.17) is 11.6 Å². The fraction of sp³-hybridized carbons (Fsp3) is 0.375. The van der Waals surface area contributed by atoms with Crippen molar-refractivity contribution in [1.29, 1.82) is 0 Å². The fourth-order valence-corrected chi connectivity index (χ4v) is 4.62. The fourth-order valence-electron chi connectivity index (χ4n) is 3.23. The Bertz CT molecular complexity index is 853. The summed E-state index contributed by atoms with van der Waals surface area (Å²) in [6.07, 6.45) is 2.34. The van der Waals surface area contributed by atoms with Crippen molar-refractivity contribution in [1.82, 2.24) is 19.5 Å². The number of aryl methyl sites for hydroxylation is 1. The summed E-state index contributed by atoms with van der Waals surface area (Å²) < 4.78 is 1.52. The average Bonchev–Trinajstić information content (AvgIpc) is 3.22. The first kappa shape index (κ1) is 14.9. The molecule has 1 N–H and O–H groups in total. The van der Waals surface area contributed by atoms with Gasteiger partial charge in [0.25, 0.3) is 0 Å². The summed E-state index contributed by atoms with van der Waals surface area (Å²) >= 11 is 7.94. The monoisotopic (exact) mass is 348 g/mol. The molecule has 0 amide bonds. The van der Waals surface area contributed by atoms with E-state index >= 15 is 0 Å². The van der Waals surface area contributed by atoms with Crippen LogP contribution in [0.25, 0.3) is 4.96 Å². The number of fused-ring (bicyclic) bond motifs is 1. The van der Waals surface area contributed by atoms with Crippen molar-refractivity contribution >= 4 is 27.9 Å². The van der Waals surface area contributed by atoms with E-state index < -0.39 is 0 Å². The van der Waals surface area contributed by atoms with Gasteiger partial charge in [-0.15, -0.1) is 5.10 Å². The van der Waals surface area contributed by atoms with Gasteiger partial charge in [0.2, 0.25) is 10.8 Å². The van der Waals surface area contributed by atoms with Crippen LogP contribution in [0.15, 0.2) is 24.3 Å². The Morgan fingerprint density at radius 3 is 2.70 bits per heavy atom. The molecular weight excluding hydrogens is 332 g/mol. The highest BCUT2D eigenvalue weighted by Crippen LogP contribution is 2.42. The summed E-state index contributed by atoms with van der Waals surface area (Å²) in [6.45, 7) is 3.83. The Morgan fingerprint density at radius 1 is 1.26 bits per heavy atom. The highest BCUT2D eigenvalue weighted by Gasteiger charge is 2.32. The molecule has 3 aromatic rings. The first-order chi connectivity index (χ1) is 11.1. The van der Waals surface area contributed by atoms with Crippen molar-refractivity contribution in [3.8, 4) is 5.88 Å². The van der Waals surface area contributed by atoms with E-state index in [9.17, 15) is 5.11 Å². The highest BCUT2D eigenvalue weighted by atomic mass is 35.5. The molecule has 5 nitrogen and oxygen atoms in total. The lowest BCUT2D eigenvalue weighted by molar-refractivity contribution is 0.277. The molecule has 7 heteroatoms. The van der Waals surface area contributed by atoms with Crippen molar-refractivity contribution in [2.24, 2.45) is 0 Å². The molecule has 0 spiro atoms. The van der Waals surface area contributed by atoms with E-state index in [0.29, 0.717) is 10.8 Å². The van der Waals surface area contributed by atoms with Crippen molar-refractivity contribution in [3.05, 3.63) is 45.6 Å². The van der Waals surface area contributed by atoms with Crippen LogP contribution in [0.4, 0.5) is 0 Å². The third kappa shape index (κ3) is 2.51. The second-order valence-electron chi connectivity index (χ2n) is 5.81. The van der Waals surface area contributed by atoms with Gasteiger partial charge in [0, 0.05) is 5.02 Å². The molecule has 1 saturated heterocycles. The molecule has 0 radical (unpaired) electrons. The van der Waals surface area contributed by atoms with Gasteiger partial charge < -0.3 is 5.11 Å². The zero-order chi connectivity index (χ0) is 16.0. The maximum Gasteiger partial charge on any atom is 0.230 e. The number of rotatable bonds is 3. The normalized spacial score (nSPS) is 17.1. The van der Waals surface area contributed by atoms with E-state index in [-0.39, 0.29) is 11.9 Å². The molecule has 0 saturated carbocycles. The number of nitrogens with zero attached hydrogens (tertiary/aromatic N) is 4. The van der Waals surface area contributed by atoms with Crippen LogP contribution in [0.1, 0.15) is 35.1 Å². The highest BCUT2D eigenvalue weighted by molar-refractivity contribution is 7.17. The number of thiazole rings is 1. The van der Waals surface area contributed by atoms with Crippen molar-refractivity contribution in [3.63, 3.8) is 0 Å². The van der Waals surface area contributed by atoms with Crippen LogP contribution < -0.4 is 0 Å². The second-order valence-corrected chi connectivity index (χ2v) is 7.23. The standard InChI is InChI=1S/C16H17ClN4OS/c1-10-18-16-21(19-10)15(22)14(23-16)13(20-8-4-5-9-20)11-6-2-3-7-12(11)17/h2-3,6-7,13,22H,4-5,8-9H2,1H3/t13-/m0/s1. The number of hydrogen-bond donors (Lipinski definition) is 1. The maximum atomic E-state index is 10.7. The number of aromatic hydroxyl groups is 1. The lowest BCUT2D eigenvalue weighted by Gasteiger charge is -2.27. The van der Waals surface area contributed by atoms with E-state index in [1.54, 1.807) is 0 Å². The third-order valence-electron chi connectivity index (χ3n) is 4.26. The van der Waals surface area contributed by atoms with Crippen molar-refractivity contribution in [2.45, 2.75) is 25.8 Å². The van der Waals surface area contributed by atoms with Gasteiger partial charge in [-0.05, 0) is 44.5 Å². The summed E-state index contributed by atoms with van der Waals surface area (Å²) in [5.41, 5.74) is 1.02. The minimum absolute atomic E-state index is 0.0555. The summed E-state index contributed by atoms with van der Waals surface area (Å²) in [4.78, 5) is 8.32. The summed E-state index contributed by atoms with van der Waals surface area (Å²) in [5, 5.41) is 15.7. The number of halogens is 1. The van der Waals surface area contributed by atoms with Crippen LogP contribution >= 0.6 is 22.9 Å². The van der Waals surface area contributed by atoms with Crippen molar-refractivity contribution in [2.75, 3.05) is 13.1 Å². The first-order valence-electron chi connectivity index (χ1n) is 7.68. The smallest absolute Gasteiger partial charge is 0.230 e. The van der Waals surface area contributed by atoms with Gasteiger partial charge >= 0.3 is 0 Å². The summed E-state index contributed by atoms with van der Waals surface area (Å²) in [7, 11) is 0. The molecule has 23 heavy (non-hydrogen) atoms. The zero-order valence-electron chi connectivity index (χ0n) is 12.7. The molecule has 2 aromatic heterocycles. The third-order valence-corrected chi connectivity index (χ3v) is 5.68. The van der Waals surface area contributed by atoms with E-state index in [1.165, 1.54) is 28.7 Å². The molecule has 1 atom stereocenters. The Kier molecular flexibility index (Phi) is 3.75. The van der Waals surface area contributed by atoms with Crippen LogP contribution in [0.2, 0.25) is 5.02 Å². The molecule has 1 aliphatic heterocycles. The van der Waals surface area contributed by atoms with Gasteiger partial charge in [0.15, 0.2) is 0 Å². The minimum Gasteiger partial charge on any atom is -0.492 e. The summed E-state index contributed by atoms with van der Waals surface area (Å²) in [6, 6.07) is 7.80. The molecule has 0 aliphatic carbocycles. The Hall–Kier alpha value is -1.63. The topological polar surface area (TPSA) is 53.7 Å². The predicted molar refractivity (Wildman–Crippen MR) is 91.4 cm³/mol. The lowest BCUT2D eigenvalue weighted by atomic mass is 10.0. The second kappa shape index (κ2) is 5.78. The number of hydrogen-bond acceptors (Lipinski definition) is 5. The van der Waals surface area contributed by atoms with E-state index in [1.807, 2.05) is 31.2 Å². The van der Waals surface area contributed by atoms with Crippen LogP contribution in [0.3, 0.4) is 0 Å². The molecule has 120 valence electrons. The number of benzene rings is 1. The van der Waals surface area contributed by atoms with Gasteiger partial charge in [-0.25, -0.2) is 4.98 Å². The molecule has 1 fully saturated rings. The van der Waals surface area contributed by atoms with Crippen LogP contribution in [0.5, 0.6) is 5.88 Å². The summed E-state index contributed by atoms with van der Waals surface area (Å²) in [5.74, 6) is 0.830. The largest absolute Gasteiger partial charge is 0.492 e. The molecule has 3 heterocycles. The zero-order valence-corrected chi connectivity index (χ0v) is 14.3. The molecule has 0 unspecified atom stereocenters. The van der Waals surface area contributed by atoms with Gasteiger partial charge in [0.05, 0.1) is 10.9 Å². The average molecular weight is 349 g/mol. The number of aromatic nitrogens is 3. The van der Waals surface area contributed by atoms with E-state index in [0.717, 1.165) is 28.6 Å². The van der Waals surface area contributed by atoms with Gasteiger partial charge in [-0.2, -0.15) is 4.52 Å². The molecular formula is C16H17ClN4OS. The molecule has 0 bridgehead atoms. The molecule has 1 aromatic carbocycles. The first-order valence-corrected chi connectivity index (χ1v) is 8.88.